The second-order valence-corrected chi connectivity index (χ2v) is 4.92. The minimum absolute atomic E-state index is 0.138. The van der Waals surface area contributed by atoms with E-state index in [1.165, 1.54) is 0 Å². The number of nitrogens with one attached hydrogen (secondary N) is 2. The van der Waals surface area contributed by atoms with Crippen LogP contribution < -0.4 is 10.6 Å². The van der Waals surface area contributed by atoms with Gasteiger partial charge in [-0.3, -0.25) is 10.1 Å². The first-order valence-corrected chi connectivity index (χ1v) is 6.54. The second kappa shape index (κ2) is 6.25. The predicted octanol–water partition coefficient (Wildman–Crippen LogP) is 2.42. The van der Waals surface area contributed by atoms with Crippen LogP contribution in [0, 0.1) is 16.0 Å². The average molecular weight is 304 g/mol. The summed E-state index contributed by atoms with van der Waals surface area (Å²) in [4.78, 5) is 13.2. The van der Waals surface area contributed by atoms with Crippen molar-refractivity contribution in [3.8, 4) is 0 Å². The lowest BCUT2D eigenvalue weighted by molar-refractivity contribution is -0.384. The van der Waals surface area contributed by atoms with Crippen LogP contribution in [0.3, 0.4) is 0 Å². The van der Waals surface area contributed by atoms with Crippen molar-refractivity contribution in [2.75, 3.05) is 25.0 Å². The first-order chi connectivity index (χ1) is 9.88. The summed E-state index contributed by atoms with van der Waals surface area (Å²) in [5, 5.41) is 16.8. The molecule has 0 amide bonds. The minimum atomic E-state index is -4.62. The number of hydrogen-bond donors (Lipinski definition) is 2. The van der Waals surface area contributed by atoms with Crippen molar-refractivity contribution in [1.29, 1.82) is 0 Å². The van der Waals surface area contributed by atoms with Gasteiger partial charge in [0.15, 0.2) is 0 Å². The van der Waals surface area contributed by atoms with Crippen LogP contribution in [0.4, 0.5) is 24.5 Å². The summed E-state index contributed by atoms with van der Waals surface area (Å²) in [5.41, 5.74) is -1.72. The summed E-state index contributed by atoms with van der Waals surface area (Å²) in [6.45, 7) is 2.10. The molecule has 9 heteroatoms. The molecule has 1 aliphatic heterocycles. The van der Waals surface area contributed by atoms with Gasteiger partial charge in [-0.2, -0.15) is 13.2 Å². The maximum Gasteiger partial charge on any atom is 0.433 e. The minimum Gasteiger partial charge on any atom is -0.379 e. The number of hydrogen-bond acceptors (Lipinski definition) is 5. The largest absolute Gasteiger partial charge is 0.433 e. The lowest BCUT2D eigenvalue weighted by atomic mass is 9.98. The summed E-state index contributed by atoms with van der Waals surface area (Å²) in [6, 6.07) is 0.694. The van der Waals surface area contributed by atoms with E-state index in [1.54, 1.807) is 0 Å². The number of halogens is 3. The van der Waals surface area contributed by atoms with Crippen LogP contribution in [-0.2, 0) is 6.18 Å². The van der Waals surface area contributed by atoms with Crippen LogP contribution in [-0.4, -0.2) is 29.5 Å². The SMILES string of the molecule is O=[N+]([O-])c1cnc(C(F)(F)F)cc1NCC1CCNCC1. The van der Waals surface area contributed by atoms with Crippen molar-refractivity contribution in [2.24, 2.45) is 5.92 Å². The Bertz CT molecular complexity index is 516. The molecule has 1 aromatic rings. The van der Waals surface area contributed by atoms with Crippen LogP contribution in [0.5, 0.6) is 0 Å². The zero-order chi connectivity index (χ0) is 15.5. The summed E-state index contributed by atoms with van der Waals surface area (Å²) < 4.78 is 37.9. The monoisotopic (exact) mass is 304 g/mol. The first-order valence-electron chi connectivity index (χ1n) is 6.54. The molecule has 1 aliphatic rings. The van der Waals surface area contributed by atoms with Crippen molar-refractivity contribution >= 4 is 11.4 Å². The molecular formula is C12H15F3N4O2. The average Bonchev–Trinajstić information content (AvgIpc) is 2.45. The van der Waals surface area contributed by atoms with E-state index in [4.69, 9.17) is 0 Å². The summed E-state index contributed by atoms with van der Waals surface area (Å²) >= 11 is 0. The summed E-state index contributed by atoms with van der Waals surface area (Å²) in [7, 11) is 0. The molecular weight excluding hydrogens is 289 g/mol. The van der Waals surface area contributed by atoms with Gasteiger partial charge < -0.3 is 10.6 Å². The molecule has 0 aromatic carbocycles. The number of piperidine rings is 1. The van der Waals surface area contributed by atoms with E-state index in [0.717, 1.165) is 25.9 Å². The van der Waals surface area contributed by atoms with Gasteiger partial charge >= 0.3 is 11.9 Å². The number of nitrogens with zero attached hydrogens (tertiary/aromatic N) is 2. The fourth-order valence-corrected chi connectivity index (χ4v) is 2.23. The van der Waals surface area contributed by atoms with E-state index in [2.05, 4.69) is 15.6 Å². The lowest BCUT2D eigenvalue weighted by Crippen LogP contribution is -2.31. The molecule has 0 aliphatic carbocycles. The van der Waals surface area contributed by atoms with E-state index >= 15 is 0 Å². The maximum absolute atomic E-state index is 12.6. The van der Waals surface area contributed by atoms with Crippen molar-refractivity contribution in [1.82, 2.24) is 10.3 Å². The maximum atomic E-state index is 12.6. The third-order valence-corrected chi connectivity index (χ3v) is 3.41. The third-order valence-electron chi connectivity index (χ3n) is 3.41. The smallest absolute Gasteiger partial charge is 0.379 e. The standard InChI is InChI=1S/C12H15F3N4O2/c13-12(14,15)11-5-9(10(7-18-11)19(20)21)17-6-8-1-3-16-4-2-8/h5,7-8,16H,1-4,6H2,(H,17,18). The van der Waals surface area contributed by atoms with E-state index in [9.17, 15) is 23.3 Å². The number of rotatable bonds is 4. The Morgan fingerprint density at radius 2 is 2.10 bits per heavy atom. The summed E-state index contributed by atoms with van der Waals surface area (Å²) in [5.74, 6) is 0.286. The molecule has 0 unspecified atom stereocenters. The lowest BCUT2D eigenvalue weighted by Gasteiger charge is -2.23. The van der Waals surface area contributed by atoms with Gasteiger partial charge in [0.2, 0.25) is 0 Å². The van der Waals surface area contributed by atoms with Crippen LogP contribution in [0.25, 0.3) is 0 Å². The van der Waals surface area contributed by atoms with Gasteiger partial charge in [0.1, 0.15) is 17.6 Å². The molecule has 2 N–H and O–H groups in total. The number of nitro groups is 1. The molecule has 0 saturated carbocycles. The number of anilines is 1. The van der Waals surface area contributed by atoms with E-state index in [0.29, 0.717) is 18.8 Å². The zero-order valence-corrected chi connectivity index (χ0v) is 11.1. The first kappa shape index (κ1) is 15.5. The third kappa shape index (κ3) is 4.03. The van der Waals surface area contributed by atoms with Gasteiger partial charge in [-0.15, -0.1) is 0 Å². The van der Waals surface area contributed by atoms with E-state index in [-0.39, 0.29) is 11.6 Å². The molecule has 2 rings (SSSR count). The Morgan fingerprint density at radius 1 is 1.43 bits per heavy atom. The van der Waals surface area contributed by atoms with Crippen molar-refractivity contribution in [3.63, 3.8) is 0 Å². The molecule has 0 atom stereocenters. The Morgan fingerprint density at radius 3 is 2.67 bits per heavy atom. The van der Waals surface area contributed by atoms with Crippen molar-refractivity contribution in [3.05, 3.63) is 28.1 Å². The van der Waals surface area contributed by atoms with Crippen LogP contribution in [0.1, 0.15) is 18.5 Å². The van der Waals surface area contributed by atoms with Gasteiger partial charge in [0.05, 0.1) is 4.92 Å². The van der Waals surface area contributed by atoms with Crippen molar-refractivity contribution < 1.29 is 18.1 Å². The zero-order valence-electron chi connectivity index (χ0n) is 11.1. The molecule has 1 saturated heterocycles. The molecule has 6 nitrogen and oxygen atoms in total. The fraction of sp³-hybridized carbons (Fsp3) is 0.583. The molecule has 21 heavy (non-hydrogen) atoms. The summed E-state index contributed by atoms with van der Waals surface area (Å²) in [6.07, 6.45) is -2.20. The van der Waals surface area contributed by atoms with E-state index < -0.39 is 22.5 Å². The van der Waals surface area contributed by atoms with Crippen LogP contribution >= 0.6 is 0 Å². The van der Waals surface area contributed by atoms with Gasteiger partial charge in [-0.05, 0) is 37.9 Å². The molecule has 2 heterocycles. The highest BCUT2D eigenvalue weighted by Crippen LogP contribution is 2.33. The molecule has 0 radical (unpaired) electrons. The normalized spacial score (nSPS) is 16.7. The highest BCUT2D eigenvalue weighted by Gasteiger charge is 2.34. The van der Waals surface area contributed by atoms with Crippen molar-refractivity contribution in [2.45, 2.75) is 19.0 Å². The quantitative estimate of drug-likeness (QED) is 0.659. The molecule has 1 fully saturated rings. The second-order valence-electron chi connectivity index (χ2n) is 4.92. The van der Waals surface area contributed by atoms with Gasteiger partial charge in [-0.25, -0.2) is 4.98 Å². The van der Waals surface area contributed by atoms with Gasteiger partial charge in [0.25, 0.3) is 0 Å². The van der Waals surface area contributed by atoms with E-state index in [1.807, 2.05) is 0 Å². The molecule has 0 bridgehead atoms. The Labute approximate surface area is 118 Å². The highest BCUT2D eigenvalue weighted by molar-refractivity contribution is 5.61. The molecule has 0 spiro atoms. The Kier molecular flexibility index (Phi) is 4.61. The number of aromatic nitrogens is 1. The topological polar surface area (TPSA) is 80.1 Å². The Balaban J connectivity index is 2.16. The Hall–Kier alpha value is -1.90. The molecule has 116 valence electrons. The van der Waals surface area contributed by atoms with Crippen LogP contribution in [0.15, 0.2) is 12.3 Å². The van der Waals surface area contributed by atoms with Gasteiger partial charge in [0, 0.05) is 6.54 Å². The van der Waals surface area contributed by atoms with Gasteiger partial charge in [-0.1, -0.05) is 0 Å². The van der Waals surface area contributed by atoms with Crippen LogP contribution in [0.2, 0.25) is 0 Å². The predicted molar refractivity (Wildman–Crippen MR) is 70.0 cm³/mol. The fourth-order valence-electron chi connectivity index (χ4n) is 2.23. The number of pyridine rings is 1. The number of alkyl halides is 3. The highest BCUT2D eigenvalue weighted by atomic mass is 19.4. The molecule has 1 aromatic heterocycles.